The molecule has 2 atom stereocenters. The number of carbonyl (C=O) groups is 1. The first-order valence-electron chi connectivity index (χ1n) is 4.65. The molecular weight excluding hydrogens is 205 g/mol. The monoisotopic (exact) mass is 214 g/mol. The van der Waals surface area contributed by atoms with Crippen LogP contribution in [0.1, 0.15) is 23.5 Å². The van der Waals surface area contributed by atoms with Gasteiger partial charge >= 0.3 is 6.18 Å². The third-order valence-electron chi connectivity index (χ3n) is 2.68. The zero-order valence-corrected chi connectivity index (χ0v) is 7.79. The van der Waals surface area contributed by atoms with Gasteiger partial charge in [-0.25, -0.2) is 0 Å². The van der Waals surface area contributed by atoms with Crippen LogP contribution in [-0.2, 0) is 11.0 Å². The van der Waals surface area contributed by atoms with Gasteiger partial charge in [0.1, 0.15) is 6.29 Å². The summed E-state index contributed by atoms with van der Waals surface area (Å²) in [4.78, 5) is 10.4. The fourth-order valence-corrected chi connectivity index (χ4v) is 1.67. The lowest BCUT2D eigenvalue weighted by Gasteiger charge is -2.06. The predicted octanol–water partition coefficient (Wildman–Crippen LogP) is 3.01. The number of halogens is 3. The van der Waals surface area contributed by atoms with E-state index in [1.165, 1.54) is 12.1 Å². The zero-order valence-electron chi connectivity index (χ0n) is 7.79. The van der Waals surface area contributed by atoms with Crippen molar-refractivity contribution in [2.24, 2.45) is 5.92 Å². The van der Waals surface area contributed by atoms with Crippen LogP contribution < -0.4 is 0 Å². The van der Waals surface area contributed by atoms with Gasteiger partial charge in [-0.2, -0.15) is 13.2 Å². The summed E-state index contributed by atoms with van der Waals surface area (Å²) >= 11 is 0. The summed E-state index contributed by atoms with van der Waals surface area (Å²) in [6, 6.07) is 5.04. The Balaban J connectivity index is 2.15. The van der Waals surface area contributed by atoms with E-state index >= 15 is 0 Å². The second-order valence-electron chi connectivity index (χ2n) is 3.76. The van der Waals surface area contributed by atoms with Crippen LogP contribution in [0.25, 0.3) is 0 Å². The number of hydrogen-bond acceptors (Lipinski definition) is 1. The van der Waals surface area contributed by atoms with Gasteiger partial charge in [0.2, 0.25) is 0 Å². The summed E-state index contributed by atoms with van der Waals surface area (Å²) in [6.45, 7) is 0. The number of alkyl halides is 3. The minimum absolute atomic E-state index is 0.00161. The van der Waals surface area contributed by atoms with Crippen molar-refractivity contribution in [3.8, 4) is 0 Å². The molecule has 0 spiro atoms. The smallest absolute Gasteiger partial charge is 0.303 e. The lowest BCUT2D eigenvalue weighted by Crippen LogP contribution is -2.04. The molecule has 2 rings (SSSR count). The third-order valence-corrected chi connectivity index (χ3v) is 2.68. The molecule has 1 saturated carbocycles. The summed E-state index contributed by atoms with van der Waals surface area (Å²) in [7, 11) is 0. The molecule has 1 aromatic carbocycles. The normalized spacial score (nSPS) is 25.0. The van der Waals surface area contributed by atoms with Gasteiger partial charge in [-0.05, 0) is 30.0 Å². The maximum atomic E-state index is 12.2. The van der Waals surface area contributed by atoms with Gasteiger partial charge in [0.25, 0.3) is 0 Å². The second-order valence-corrected chi connectivity index (χ2v) is 3.76. The van der Waals surface area contributed by atoms with E-state index in [1.54, 1.807) is 0 Å². The average Bonchev–Trinajstić information content (AvgIpc) is 2.95. The summed E-state index contributed by atoms with van der Waals surface area (Å²) < 4.78 is 36.7. The molecule has 0 heterocycles. The molecule has 1 aromatic rings. The third kappa shape index (κ3) is 2.03. The Bertz CT molecular complexity index is 366. The highest BCUT2D eigenvalue weighted by Gasteiger charge is 2.38. The van der Waals surface area contributed by atoms with E-state index < -0.39 is 11.7 Å². The van der Waals surface area contributed by atoms with Crippen molar-refractivity contribution in [2.45, 2.75) is 18.5 Å². The number of hydrogen-bond donors (Lipinski definition) is 0. The van der Waals surface area contributed by atoms with Gasteiger partial charge in [-0.1, -0.05) is 12.1 Å². The van der Waals surface area contributed by atoms with Gasteiger partial charge in [0, 0.05) is 5.92 Å². The van der Waals surface area contributed by atoms with Gasteiger partial charge in [-0.15, -0.1) is 0 Å². The number of benzene rings is 1. The van der Waals surface area contributed by atoms with E-state index in [4.69, 9.17) is 0 Å². The quantitative estimate of drug-likeness (QED) is 0.691. The van der Waals surface area contributed by atoms with Crippen molar-refractivity contribution >= 4 is 6.29 Å². The van der Waals surface area contributed by atoms with Gasteiger partial charge in [-0.3, -0.25) is 0 Å². The highest BCUT2D eigenvalue weighted by Crippen LogP contribution is 2.46. The first-order chi connectivity index (χ1) is 7.02. The van der Waals surface area contributed by atoms with Crippen LogP contribution in [0.2, 0.25) is 0 Å². The highest BCUT2D eigenvalue weighted by molar-refractivity contribution is 5.61. The lowest BCUT2D eigenvalue weighted by molar-refractivity contribution is -0.137. The molecule has 4 heteroatoms. The lowest BCUT2D eigenvalue weighted by atomic mass is 10.1. The molecular formula is C11H9F3O. The van der Waals surface area contributed by atoms with Gasteiger partial charge < -0.3 is 4.79 Å². The minimum Gasteiger partial charge on any atom is -0.303 e. The van der Waals surface area contributed by atoms with Crippen LogP contribution in [0.3, 0.4) is 0 Å². The molecule has 0 aromatic heterocycles. The molecule has 1 nitrogen and oxygen atoms in total. The van der Waals surface area contributed by atoms with Crippen molar-refractivity contribution in [3.63, 3.8) is 0 Å². The molecule has 0 unspecified atom stereocenters. The number of carbonyl (C=O) groups excluding carboxylic acids is 1. The summed E-state index contributed by atoms with van der Waals surface area (Å²) in [6.07, 6.45) is -2.66. The van der Waals surface area contributed by atoms with Crippen LogP contribution >= 0.6 is 0 Å². The van der Waals surface area contributed by atoms with Crippen molar-refractivity contribution in [2.75, 3.05) is 0 Å². The Morgan fingerprint density at radius 1 is 1.20 bits per heavy atom. The van der Waals surface area contributed by atoms with E-state index in [9.17, 15) is 18.0 Å². The maximum absolute atomic E-state index is 12.2. The van der Waals surface area contributed by atoms with Crippen molar-refractivity contribution in [1.82, 2.24) is 0 Å². The molecule has 80 valence electrons. The molecule has 0 saturated heterocycles. The van der Waals surface area contributed by atoms with Gasteiger partial charge in [0.05, 0.1) is 5.56 Å². The fraction of sp³-hybridized carbons (Fsp3) is 0.364. The summed E-state index contributed by atoms with van der Waals surface area (Å²) in [5.41, 5.74) is 0.176. The Kier molecular flexibility index (Phi) is 2.29. The summed E-state index contributed by atoms with van der Waals surface area (Å²) in [5.74, 6) is 0.131. The van der Waals surface area contributed by atoms with E-state index in [0.29, 0.717) is 0 Å². The molecule has 0 aliphatic heterocycles. The number of rotatable bonds is 2. The SMILES string of the molecule is O=C[C@@H]1C[C@H]1c1ccc(C(F)(F)F)cc1. The van der Waals surface area contributed by atoms with E-state index in [1.807, 2.05) is 0 Å². The Hall–Kier alpha value is -1.32. The maximum Gasteiger partial charge on any atom is 0.416 e. The zero-order chi connectivity index (χ0) is 11.1. The van der Waals surface area contributed by atoms with Crippen molar-refractivity contribution in [1.29, 1.82) is 0 Å². The molecule has 0 bridgehead atoms. The largest absolute Gasteiger partial charge is 0.416 e. The topological polar surface area (TPSA) is 17.1 Å². The molecule has 0 amide bonds. The van der Waals surface area contributed by atoms with E-state index in [0.717, 1.165) is 30.4 Å². The van der Waals surface area contributed by atoms with Gasteiger partial charge in [0.15, 0.2) is 0 Å². The first kappa shape index (κ1) is 10.2. The van der Waals surface area contributed by atoms with Crippen LogP contribution in [0, 0.1) is 5.92 Å². The molecule has 1 aliphatic carbocycles. The first-order valence-corrected chi connectivity index (χ1v) is 4.65. The van der Waals surface area contributed by atoms with Crippen LogP contribution in [0.15, 0.2) is 24.3 Å². The molecule has 15 heavy (non-hydrogen) atoms. The standard InChI is InChI=1S/C11H9F3O/c12-11(13,14)9-3-1-7(2-4-9)10-5-8(10)6-15/h1-4,6,8,10H,5H2/t8-,10-/m0/s1. The Morgan fingerprint density at radius 2 is 1.80 bits per heavy atom. The number of aldehydes is 1. The summed E-state index contributed by atoms with van der Waals surface area (Å²) in [5, 5.41) is 0. The Morgan fingerprint density at radius 3 is 2.20 bits per heavy atom. The fourth-order valence-electron chi connectivity index (χ4n) is 1.67. The van der Waals surface area contributed by atoms with Crippen LogP contribution in [-0.4, -0.2) is 6.29 Å². The van der Waals surface area contributed by atoms with Crippen LogP contribution in [0.4, 0.5) is 13.2 Å². The average molecular weight is 214 g/mol. The highest BCUT2D eigenvalue weighted by atomic mass is 19.4. The second kappa shape index (κ2) is 3.36. The van der Waals surface area contributed by atoms with Crippen molar-refractivity contribution < 1.29 is 18.0 Å². The predicted molar refractivity (Wildman–Crippen MR) is 48.4 cm³/mol. The minimum atomic E-state index is -4.29. The van der Waals surface area contributed by atoms with Crippen molar-refractivity contribution in [3.05, 3.63) is 35.4 Å². The molecule has 1 aliphatic rings. The van der Waals surface area contributed by atoms with Crippen LogP contribution in [0.5, 0.6) is 0 Å². The van der Waals surface area contributed by atoms with E-state index in [2.05, 4.69) is 0 Å². The molecule has 0 N–H and O–H groups in total. The molecule has 1 fully saturated rings. The molecule has 0 radical (unpaired) electrons. The Labute approximate surface area is 84.9 Å². The van der Waals surface area contributed by atoms with E-state index in [-0.39, 0.29) is 11.8 Å².